The van der Waals surface area contributed by atoms with Crippen molar-refractivity contribution < 1.29 is 4.74 Å². The minimum atomic E-state index is 0.137. The van der Waals surface area contributed by atoms with Gasteiger partial charge in [-0.1, -0.05) is 36.7 Å². The molecule has 0 saturated carbocycles. The van der Waals surface area contributed by atoms with Crippen molar-refractivity contribution in [2.75, 3.05) is 7.11 Å². The van der Waals surface area contributed by atoms with Crippen molar-refractivity contribution in [1.82, 2.24) is 0 Å². The Morgan fingerprint density at radius 2 is 1.79 bits per heavy atom. The van der Waals surface area contributed by atoms with E-state index in [1.165, 1.54) is 15.6 Å². The molecule has 0 spiro atoms. The summed E-state index contributed by atoms with van der Waals surface area (Å²) in [5, 5.41) is 0. The Bertz CT molecular complexity index is 337. The zero-order valence-electron chi connectivity index (χ0n) is 9.44. The molecule has 0 aliphatic heterocycles. The minimum Gasteiger partial charge on any atom is -0.497 e. The summed E-state index contributed by atoms with van der Waals surface area (Å²) >= 11 is 3.62. The van der Waals surface area contributed by atoms with Crippen molar-refractivity contribution in [3.63, 3.8) is 0 Å². The van der Waals surface area contributed by atoms with E-state index in [1.54, 1.807) is 7.11 Å². The third kappa shape index (κ3) is 2.30. The molecule has 0 aliphatic carbocycles. The average molecular weight is 257 g/mol. The lowest BCUT2D eigenvalue weighted by Crippen LogP contribution is -2.12. The lowest BCUT2D eigenvalue weighted by atomic mass is 9.86. The number of rotatable bonds is 1. The number of halogens is 1. The summed E-state index contributed by atoms with van der Waals surface area (Å²) in [7, 11) is 1.70. The highest BCUT2D eigenvalue weighted by Gasteiger charge is 2.19. The Balaban J connectivity index is 3.35. The standard InChI is InChI=1S/C12H17BrO/c1-8-6-9(14-5)7-10(11(8)13)12(2,3)4/h6-7H,1-5H3. The van der Waals surface area contributed by atoms with Crippen molar-refractivity contribution in [3.8, 4) is 5.75 Å². The fraction of sp³-hybridized carbons (Fsp3) is 0.500. The molecule has 0 N–H and O–H groups in total. The van der Waals surface area contributed by atoms with E-state index in [0.29, 0.717) is 0 Å². The summed E-state index contributed by atoms with van der Waals surface area (Å²) in [6.45, 7) is 8.69. The Kier molecular flexibility index (Phi) is 3.25. The molecule has 1 aromatic rings. The van der Waals surface area contributed by atoms with Crippen LogP contribution >= 0.6 is 15.9 Å². The zero-order chi connectivity index (χ0) is 10.9. The first-order chi connectivity index (χ1) is 6.36. The maximum absolute atomic E-state index is 5.26. The molecular weight excluding hydrogens is 240 g/mol. The van der Waals surface area contributed by atoms with E-state index in [-0.39, 0.29) is 5.41 Å². The van der Waals surface area contributed by atoms with Gasteiger partial charge in [0.1, 0.15) is 5.75 Å². The smallest absolute Gasteiger partial charge is 0.119 e. The molecule has 0 saturated heterocycles. The summed E-state index contributed by atoms with van der Waals surface area (Å²) < 4.78 is 6.45. The third-order valence-corrected chi connectivity index (χ3v) is 3.32. The molecule has 1 nitrogen and oxygen atoms in total. The van der Waals surface area contributed by atoms with Gasteiger partial charge in [-0.2, -0.15) is 0 Å². The molecule has 0 radical (unpaired) electrons. The van der Waals surface area contributed by atoms with Gasteiger partial charge in [0, 0.05) is 4.47 Å². The van der Waals surface area contributed by atoms with Crippen LogP contribution < -0.4 is 4.74 Å². The van der Waals surface area contributed by atoms with E-state index in [2.05, 4.69) is 49.7 Å². The van der Waals surface area contributed by atoms with E-state index < -0.39 is 0 Å². The average Bonchev–Trinajstić information content (AvgIpc) is 2.07. The first-order valence-corrected chi connectivity index (χ1v) is 5.50. The van der Waals surface area contributed by atoms with Crippen LogP contribution in [0.2, 0.25) is 0 Å². The SMILES string of the molecule is COc1cc(C)c(Br)c(C(C)(C)C)c1. The number of methoxy groups -OCH3 is 1. The first-order valence-electron chi connectivity index (χ1n) is 4.71. The van der Waals surface area contributed by atoms with Crippen molar-refractivity contribution in [1.29, 1.82) is 0 Å². The molecule has 78 valence electrons. The van der Waals surface area contributed by atoms with E-state index in [0.717, 1.165) is 5.75 Å². The van der Waals surface area contributed by atoms with Gasteiger partial charge < -0.3 is 4.74 Å². The van der Waals surface area contributed by atoms with Gasteiger partial charge >= 0.3 is 0 Å². The van der Waals surface area contributed by atoms with Crippen molar-refractivity contribution in [2.24, 2.45) is 0 Å². The van der Waals surface area contributed by atoms with Gasteiger partial charge in [0.25, 0.3) is 0 Å². The van der Waals surface area contributed by atoms with Gasteiger partial charge in [-0.3, -0.25) is 0 Å². The van der Waals surface area contributed by atoms with Gasteiger partial charge in [-0.15, -0.1) is 0 Å². The monoisotopic (exact) mass is 256 g/mol. The van der Waals surface area contributed by atoms with Gasteiger partial charge in [0.05, 0.1) is 7.11 Å². The summed E-state index contributed by atoms with van der Waals surface area (Å²) in [5.41, 5.74) is 2.64. The van der Waals surface area contributed by atoms with Crippen molar-refractivity contribution in [3.05, 3.63) is 27.7 Å². The number of benzene rings is 1. The number of aryl methyl sites for hydroxylation is 1. The normalized spacial score (nSPS) is 11.6. The lowest BCUT2D eigenvalue weighted by Gasteiger charge is -2.22. The molecule has 1 aromatic carbocycles. The molecule has 0 heterocycles. The molecule has 0 bridgehead atoms. The first kappa shape index (κ1) is 11.6. The Morgan fingerprint density at radius 3 is 2.21 bits per heavy atom. The maximum atomic E-state index is 5.26. The molecule has 0 unspecified atom stereocenters. The maximum Gasteiger partial charge on any atom is 0.119 e. The number of hydrogen-bond acceptors (Lipinski definition) is 1. The molecule has 0 fully saturated rings. The number of ether oxygens (including phenoxy) is 1. The topological polar surface area (TPSA) is 9.23 Å². The fourth-order valence-corrected chi connectivity index (χ4v) is 2.22. The molecule has 0 aromatic heterocycles. The zero-order valence-corrected chi connectivity index (χ0v) is 11.0. The summed E-state index contributed by atoms with van der Waals surface area (Å²) in [5.74, 6) is 0.927. The number of hydrogen-bond donors (Lipinski definition) is 0. The van der Waals surface area contributed by atoms with Crippen LogP contribution in [0.25, 0.3) is 0 Å². The second kappa shape index (κ2) is 3.93. The minimum absolute atomic E-state index is 0.137. The van der Waals surface area contributed by atoms with Crippen LogP contribution in [0.1, 0.15) is 31.9 Å². The summed E-state index contributed by atoms with van der Waals surface area (Å²) in [6, 6.07) is 4.14. The van der Waals surface area contributed by atoms with E-state index >= 15 is 0 Å². The van der Waals surface area contributed by atoms with Crippen LogP contribution in [0, 0.1) is 6.92 Å². The predicted octanol–water partition coefficient (Wildman–Crippen LogP) is 4.06. The van der Waals surface area contributed by atoms with Crippen LogP contribution in [0.15, 0.2) is 16.6 Å². The molecular formula is C12H17BrO. The molecule has 0 atom stereocenters. The fourth-order valence-electron chi connectivity index (χ4n) is 1.40. The molecule has 1 rings (SSSR count). The quantitative estimate of drug-likeness (QED) is 0.737. The highest BCUT2D eigenvalue weighted by Crippen LogP contribution is 2.35. The van der Waals surface area contributed by atoms with Crippen LogP contribution in [-0.4, -0.2) is 7.11 Å². The molecule has 2 heteroatoms. The van der Waals surface area contributed by atoms with Gasteiger partial charge in [0.15, 0.2) is 0 Å². The van der Waals surface area contributed by atoms with Crippen LogP contribution in [0.3, 0.4) is 0 Å². The van der Waals surface area contributed by atoms with Crippen LogP contribution in [0.5, 0.6) is 5.75 Å². The summed E-state index contributed by atoms with van der Waals surface area (Å²) in [4.78, 5) is 0. The van der Waals surface area contributed by atoms with E-state index in [9.17, 15) is 0 Å². The van der Waals surface area contributed by atoms with E-state index in [1.807, 2.05) is 6.07 Å². The van der Waals surface area contributed by atoms with Crippen molar-refractivity contribution >= 4 is 15.9 Å². The Labute approximate surface area is 94.6 Å². The molecule has 0 aliphatic rings. The second-order valence-electron chi connectivity index (χ2n) is 4.56. The highest BCUT2D eigenvalue weighted by atomic mass is 79.9. The largest absolute Gasteiger partial charge is 0.497 e. The predicted molar refractivity (Wildman–Crippen MR) is 64.1 cm³/mol. The molecule has 14 heavy (non-hydrogen) atoms. The Morgan fingerprint density at radius 1 is 1.21 bits per heavy atom. The van der Waals surface area contributed by atoms with Gasteiger partial charge in [-0.25, -0.2) is 0 Å². The van der Waals surface area contributed by atoms with Crippen molar-refractivity contribution in [2.45, 2.75) is 33.1 Å². The Hall–Kier alpha value is -0.500. The second-order valence-corrected chi connectivity index (χ2v) is 5.35. The van der Waals surface area contributed by atoms with Crippen LogP contribution in [0.4, 0.5) is 0 Å². The van der Waals surface area contributed by atoms with E-state index in [4.69, 9.17) is 4.74 Å². The highest BCUT2D eigenvalue weighted by molar-refractivity contribution is 9.10. The van der Waals surface area contributed by atoms with Gasteiger partial charge in [0.2, 0.25) is 0 Å². The van der Waals surface area contributed by atoms with Crippen LogP contribution in [-0.2, 0) is 5.41 Å². The third-order valence-electron chi connectivity index (χ3n) is 2.27. The lowest BCUT2D eigenvalue weighted by molar-refractivity contribution is 0.412. The van der Waals surface area contributed by atoms with Gasteiger partial charge in [-0.05, 0) is 35.6 Å². The summed E-state index contributed by atoms with van der Waals surface area (Å²) in [6.07, 6.45) is 0. The molecule has 0 amide bonds.